The number of pyridine rings is 1. The molecule has 2 aromatic heterocycles. The van der Waals surface area contributed by atoms with Crippen molar-refractivity contribution in [3.8, 4) is 0 Å². The number of hydrogen-bond donors (Lipinski definition) is 0. The van der Waals surface area contributed by atoms with Crippen LogP contribution in [-0.2, 0) is 25.4 Å². The maximum atomic E-state index is 13.3. The highest BCUT2D eigenvalue weighted by Gasteiger charge is 2.38. The van der Waals surface area contributed by atoms with Crippen molar-refractivity contribution >= 4 is 66.9 Å². The van der Waals surface area contributed by atoms with E-state index in [1.54, 1.807) is 25.4 Å². The van der Waals surface area contributed by atoms with Gasteiger partial charge in [0.15, 0.2) is 0 Å². The fraction of sp³-hybridized carbons (Fsp3) is 0.500. The van der Waals surface area contributed by atoms with Gasteiger partial charge in [-0.1, -0.05) is 0 Å². The van der Waals surface area contributed by atoms with Gasteiger partial charge in [0.25, 0.3) is 0 Å². The number of nitrogens with zero attached hydrogens (tertiary/aromatic N) is 4. The molecular formula is C18H23BF2N4O4S2. The minimum absolute atomic E-state index is 0. The molecule has 168 valence electrons. The molecule has 31 heavy (non-hydrogen) atoms. The average molecular weight is 472 g/mol. The summed E-state index contributed by atoms with van der Waals surface area (Å²) >= 11 is 0.881. The normalized spacial score (nSPS) is 17.8. The number of halogens is 2. The molecular weight excluding hydrogens is 449 g/mol. The van der Waals surface area contributed by atoms with Gasteiger partial charge in [-0.2, -0.15) is 22.3 Å². The van der Waals surface area contributed by atoms with Gasteiger partial charge in [-0.05, 0) is 56.0 Å². The van der Waals surface area contributed by atoms with Crippen molar-refractivity contribution in [2.45, 2.75) is 25.9 Å². The van der Waals surface area contributed by atoms with E-state index in [0.717, 1.165) is 29.1 Å². The van der Waals surface area contributed by atoms with Crippen LogP contribution in [-0.4, -0.2) is 66.5 Å². The standard InChI is InChI=1S/C18H21BF2N4O4S.H2S/c1-23-9-15(26)28-19(29-16(27)10-23)13-7-12-5-6-14(25(30-2)18(20)21)22-17(12)24(13)8-11-3-4-11;/h5-7,11,18H,3-4,8-10H2,1-2H3;1H2. The van der Waals surface area contributed by atoms with Crippen molar-refractivity contribution in [1.29, 1.82) is 0 Å². The van der Waals surface area contributed by atoms with E-state index in [1.807, 2.05) is 4.57 Å². The smallest absolute Gasteiger partial charge is 0.493 e. The van der Waals surface area contributed by atoms with E-state index in [0.29, 0.717) is 29.1 Å². The molecule has 0 aromatic carbocycles. The summed E-state index contributed by atoms with van der Waals surface area (Å²) in [7, 11) is 0.417. The van der Waals surface area contributed by atoms with Gasteiger partial charge in [0.1, 0.15) is 11.5 Å². The Kier molecular flexibility index (Phi) is 7.37. The first kappa shape index (κ1) is 23.7. The monoisotopic (exact) mass is 472 g/mol. The van der Waals surface area contributed by atoms with Crippen molar-refractivity contribution in [2.24, 2.45) is 5.92 Å². The summed E-state index contributed by atoms with van der Waals surface area (Å²) < 4.78 is 40.2. The zero-order valence-electron chi connectivity index (χ0n) is 17.1. The highest BCUT2D eigenvalue weighted by molar-refractivity contribution is 7.99. The van der Waals surface area contributed by atoms with Gasteiger partial charge in [-0.25, -0.2) is 9.29 Å². The lowest BCUT2D eigenvalue weighted by atomic mass is 9.83. The van der Waals surface area contributed by atoms with Crippen molar-refractivity contribution in [1.82, 2.24) is 14.5 Å². The molecule has 0 atom stereocenters. The molecule has 0 bridgehead atoms. The number of carbonyl (C=O) groups excluding carboxylic acids is 2. The highest BCUT2D eigenvalue weighted by Crippen LogP contribution is 2.32. The highest BCUT2D eigenvalue weighted by atomic mass is 32.2. The molecule has 0 radical (unpaired) electrons. The molecule has 2 aliphatic rings. The first-order valence-electron chi connectivity index (χ1n) is 9.55. The van der Waals surface area contributed by atoms with Gasteiger partial charge < -0.3 is 13.9 Å². The minimum Gasteiger partial charge on any atom is -0.493 e. The Hall–Kier alpha value is -1.99. The van der Waals surface area contributed by atoms with Gasteiger partial charge in [-0.3, -0.25) is 14.5 Å². The van der Waals surface area contributed by atoms with E-state index in [2.05, 4.69) is 4.98 Å². The van der Waals surface area contributed by atoms with Crippen molar-refractivity contribution in [3.63, 3.8) is 0 Å². The number of alkyl halides is 2. The second-order valence-electron chi connectivity index (χ2n) is 7.48. The number of aromatic nitrogens is 2. The molecule has 3 heterocycles. The third kappa shape index (κ3) is 5.26. The molecule has 1 aliphatic carbocycles. The predicted molar refractivity (Wildman–Crippen MR) is 120 cm³/mol. The molecule has 1 aliphatic heterocycles. The van der Waals surface area contributed by atoms with Crippen LogP contribution >= 0.6 is 25.4 Å². The first-order valence-corrected chi connectivity index (χ1v) is 10.7. The number of rotatable bonds is 6. The van der Waals surface area contributed by atoms with E-state index >= 15 is 0 Å². The van der Waals surface area contributed by atoms with E-state index in [4.69, 9.17) is 9.31 Å². The maximum absolute atomic E-state index is 13.3. The predicted octanol–water partition coefficient (Wildman–Crippen LogP) is 1.59. The topological polar surface area (TPSA) is 76.9 Å². The van der Waals surface area contributed by atoms with Crippen LogP contribution in [0.5, 0.6) is 0 Å². The fourth-order valence-electron chi connectivity index (χ4n) is 3.43. The zero-order valence-corrected chi connectivity index (χ0v) is 18.9. The molecule has 2 aromatic rings. The van der Waals surface area contributed by atoms with Crippen LogP contribution < -0.4 is 9.90 Å². The Labute approximate surface area is 189 Å². The van der Waals surface area contributed by atoms with Gasteiger partial charge >= 0.3 is 25.6 Å². The molecule has 1 saturated heterocycles. The summed E-state index contributed by atoms with van der Waals surface area (Å²) in [5.41, 5.74) is 0.959. The number of carbonyl (C=O) groups is 2. The van der Waals surface area contributed by atoms with Crippen LogP contribution in [0.1, 0.15) is 12.8 Å². The third-order valence-electron chi connectivity index (χ3n) is 5.02. The van der Waals surface area contributed by atoms with E-state index in [-0.39, 0.29) is 32.4 Å². The van der Waals surface area contributed by atoms with E-state index < -0.39 is 25.6 Å². The van der Waals surface area contributed by atoms with Crippen LogP contribution in [0, 0.1) is 5.92 Å². The number of likely N-dealkylation sites (N-methyl/N-ethyl adjacent to an activating group) is 1. The summed E-state index contributed by atoms with van der Waals surface area (Å²) in [6.07, 6.45) is 3.64. The largest absolute Gasteiger partial charge is 0.654 e. The molecule has 1 saturated carbocycles. The fourth-order valence-corrected chi connectivity index (χ4v) is 3.88. The quantitative estimate of drug-likeness (QED) is 0.357. The van der Waals surface area contributed by atoms with Crippen molar-refractivity contribution in [2.75, 3.05) is 30.7 Å². The lowest BCUT2D eigenvalue weighted by molar-refractivity contribution is -0.145. The molecule has 8 nitrogen and oxygen atoms in total. The third-order valence-corrected chi connectivity index (χ3v) is 5.76. The summed E-state index contributed by atoms with van der Waals surface area (Å²) in [5.74, 6) is -0.487. The van der Waals surface area contributed by atoms with Crippen LogP contribution in [0.3, 0.4) is 0 Å². The van der Waals surface area contributed by atoms with Gasteiger partial charge in [0.05, 0.1) is 18.7 Å². The number of anilines is 1. The summed E-state index contributed by atoms with van der Waals surface area (Å²) in [6, 6.07) is 4.94. The number of hydrogen-bond acceptors (Lipinski definition) is 8. The first-order chi connectivity index (χ1) is 14.4. The lowest BCUT2D eigenvalue weighted by Crippen LogP contribution is -2.50. The number of fused-ring (bicyclic) bond motifs is 1. The summed E-state index contributed by atoms with van der Waals surface area (Å²) in [5, 5.41) is 0.691. The van der Waals surface area contributed by atoms with Crippen LogP contribution in [0.2, 0.25) is 0 Å². The van der Waals surface area contributed by atoms with Crippen molar-refractivity contribution in [3.05, 3.63) is 18.2 Å². The molecule has 2 fully saturated rings. The van der Waals surface area contributed by atoms with Gasteiger partial charge in [-0.15, -0.1) is 0 Å². The van der Waals surface area contributed by atoms with Crippen molar-refractivity contribution < 1.29 is 27.7 Å². The maximum Gasteiger partial charge on any atom is 0.654 e. The molecule has 0 spiro atoms. The SMILES string of the molecule is CSN(c1ccc2cc(B3OC(=O)CN(C)CC(=O)O3)n(CC3CC3)c2n1)C(F)F.S. The van der Waals surface area contributed by atoms with E-state index in [9.17, 15) is 18.4 Å². The lowest BCUT2D eigenvalue weighted by Gasteiger charge is -2.23. The molecule has 0 amide bonds. The van der Waals surface area contributed by atoms with E-state index in [1.165, 1.54) is 11.0 Å². The van der Waals surface area contributed by atoms with Crippen LogP contribution in [0.15, 0.2) is 18.2 Å². The average Bonchev–Trinajstić information content (AvgIpc) is 3.41. The Morgan fingerprint density at radius 3 is 2.45 bits per heavy atom. The van der Waals surface area contributed by atoms with Crippen LogP contribution in [0.4, 0.5) is 14.6 Å². The van der Waals surface area contributed by atoms with Gasteiger partial charge in [0.2, 0.25) is 0 Å². The molecule has 0 unspecified atom stereocenters. The zero-order chi connectivity index (χ0) is 21.4. The molecule has 0 N–H and O–H groups in total. The second kappa shape index (κ2) is 9.66. The Morgan fingerprint density at radius 2 is 1.90 bits per heavy atom. The van der Waals surface area contributed by atoms with Gasteiger partial charge in [0, 0.05) is 18.2 Å². The second-order valence-corrected chi connectivity index (χ2v) is 8.23. The molecule has 13 heteroatoms. The Morgan fingerprint density at radius 1 is 1.26 bits per heavy atom. The Bertz CT molecular complexity index is 955. The minimum atomic E-state index is -2.71. The summed E-state index contributed by atoms with van der Waals surface area (Å²) in [4.78, 5) is 30.3. The summed E-state index contributed by atoms with van der Waals surface area (Å²) in [6.45, 7) is -2.20. The molecule has 4 rings (SSSR count). The Balaban J connectivity index is 0.00000272. The van der Waals surface area contributed by atoms with Crippen LogP contribution in [0.25, 0.3) is 11.0 Å².